The molecule has 0 aliphatic heterocycles. The molecule has 0 aromatic carbocycles. The summed E-state index contributed by atoms with van der Waals surface area (Å²) in [5.74, 6) is -2.34. The first-order valence-corrected chi connectivity index (χ1v) is 7.45. The normalized spacial score (nSPS) is 23.5. The number of hydrogen-bond donors (Lipinski definition) is 2. The second kappa shape index (κ2) is 7.58. The number of carbonyl (C=O) groups excluding carboxylic acids is 2. The molecule has 1 rings (SSSR count). The van der Waals surface area contributed by atoms with Gasteiger partial charge in [0.15, 0.2) is 0 Å². The minimum absolute atomic E-state index is 0.0959. The average molecular weight is 315 g/mol. The van der Waals surface area contributed by atoms with Gasteiger partial charge in [-0.2, -0.15) is 0 Å². The van der Waals surface area contributed by atoms with Crippen molar-refractivity contribution in [1.82, 2.24) is 0 Å². The SMILES string of the molecule is CC(C)(C)C(=O)OCOC(=O)C(N)C1CCC(C(=O)O)CC1. The Morgan fingerprint density at radius 3 is 2.14 bits per heavy atom. The number of nitrogens with two attached hydrogens (primary N) is 1. The van der Waals surface area contributed by atoms with Crippen molar-refractivity contribution >= 4 is 17.9 Å². The number of rotatable bonds is 5. The van der Waals surface area contributed by atoms with Crippen LogP contribution < -0.4 is 5.73 Å². The van der Waals surface area contributed by atoms with E-state index >= 15 is 0 Å². The fraction of sp³-hybridized carbons (Fsp3) is 0.800. The molecule has 0 radical (unpaired) electrons. The number of hydrogen-bond acceptors (Lipinski definition) is 6. The zero-order valence-electron chi connectivity index (χ0n) is 13.3. The molecule has 3 N–H and O–H groups in total. The van der Waals surface area contributed by atoms with Gasteiger partial charge in [-0.25, -0.2) is 0 Å². The van der Waals surface area contributed by atoms with E-state index in [1.807, 2.05) is 0 Å². The fourth-order valence-electron chi connectivity index (χ4n) is 2.37. The molecule has 0 saturated heterocycles. The van der Waals surface area contributed by atoms with Gasteiger partial charge in [0, 0.05) is 0 Å². The van der Waals surface area contributed by atoms with Crippen molar-refractivity contribution in [3.63, 3.8) is 0 Å². The Hall–Kier alpha value is -1.63. The van der Waals surface area contributed by atoms with E-state index in [1.54, 1.807) is 20.8 Å². The Bertz CT molecular complexity index is 420. The summed E-state index contributed by atoms with van der Waals surface area (Å²) in [6, 6.07) is -0.817. The van der Waals surface area contributed by atoms with E-state index in [4.69, 9.17) is 20.3 Å². The minimum atomic E-state index is -0.817. The van der Waals surface area contributed by atoms with Gasteiger partial charge in [-0.05, 0) is 52.4 Å². The number of carboxylic acids is 1. The van der Waals surface area contributed by atoms with Gasteiger partial charge in [0.1, 0.15) is 6.04 Å². The highest BCUT2D eigenvalue weighted by Crippen LogP contribution is 2.30. The maximum absolute atomic E-state index is 11.8. The molecule has 22 heavy (non-hydrogen) atoms. The first-order chi connectivity index (χ1) is 10.1. The molecule has 0 amide bonds. The molecule has 1 fully saturated rings. The zero-order valence-corrected chi connectivity index (χ0v) is 13.3. The van der Waals surface area contributed by atoms with Crippen LogP contribution in [0.15, 0.2) is 0 Å². The number of aliphatic carboxylic acids is 1. The predicted octanol–water partition coefficient (Wildman–Crippen LogP) is 1.29. The van der Waals surface area contributed by atoms with Crippen molar-refractivity contribution in [1.29, 1.82) is 0 Å². The van der Waals surface area contributed by atoms with Crippen LogP contribution in [-0.2, 0) is 23.9 Å². The molecule has 0 aromatic heterocycles. The van der Waals surface area contributed by atoms with Crippen LogP contribution in [0, 0.1) is 17.3 Å². The highest BCUT2D eigenvalue weighted by atomic mass is 16.7. The smallest absolute Gasteiger partial charge is 0.326 e. The average Bonchev–Trinajstić information content (AvgIpc) is 2.45. The lowest BCUT2D eigenvalue weighted by Gasteiger charge is -2.29. The number of carboxylic acid groups (broad SMARTS) is 1. The summed E-state index contributed by atoms with van der Waals surface area (Å²) in [5, 5.41) is 8.93. The molecule has 1 aliphatic carbocycles. The lowest BCUT2D eigenvalue weighted by molar-refractivity contribution is -0.174. The van der Waals surface area contributed by atoms with E-state index in [-0.39, 0.29) is 11.8 Å². The maximum Gasteiger partial charge on any atom is 0.326 e. The largest absolute Gasteiger partial charge is 0.481 e. The summed E-state index contributed by atoms with van der Waals surface area (Å²) in [6.07, 6.45) is 2.18. The van der Waals surface area contributed by atoms with Gasteiger partial charge in [0.05, 0.1) is 11.3 Å². The van der Waals surface area contributed by atoms with Crippen molar-refractivity contribution < 1.29 is 29.0 Å². The maximum atomic E-state index is 11.8. The van der Waals surface area contributed by atoms with Crippen molar-refractivity contribution in [3.8, 4) is 0 Å². The lowest BCUT2D eigenvalue weighted by Crippen LogP contribution is -2.42. The third-order valence-electron chi connectivity index (χ3n) is 3.90. The Kier molecular flexibility index (Phi) is 6.34. The van der Waals surface area contributed by atoms with Gasteiger partial charge in [0.25, 0.3) is 0 Å². The van der Waals surface area contributed by atoms with Crippen LogP contribution in [0.3, 0.4) is 0 Å². The van der Waals surface area contributed by atoms with Gasteiger partial charge in [-0.3, -0.25) is 14.4 Å². The van der Waals surface area contributed by atoms with Crippen LogP contribution in [-0.4, -0.2) is 35.8 Å². The lowest BCUT2D eigenvalue weighted by atomic mass is 9.79. The number of ether oxygens (including phenoxy) is 2. The second-order valence-electron chi connectivity index (χ2n) is 6.74. The van der Waals surface area contributed by atoms with Crippen molar-refractivity contribution in [2.75, 3.05) is 6.79 Å². The summed E-state index contributed by atoms with van der Waals surface area (Å²) in [5.41, 5.74) is 5.19. The van der Waals surface area contributed by atoms with Crippen molar-refractivity contribution in [2.45, 2.75) is 52.5 Å². The highest BCUT2D eigenvalue weighted by Gasteiger charge is 2.33. The summed E-state index contributed by atoms with van der Waals surface area (Å²) in [6.45, 7) is 4.64. The molecule has 1 unspecified atom stereocenters. The summed E-state index contributed by atoms with van der Waals surface area (Å²) in [7, 11) is 0. The number of esters is 2. The van der Waals surface area contributed by atoms with E-state index < -0.39 is 36.2 Å². The second-order valence-corrected chi connectivity index (χ2v) is 6.74. The van der Waals surface area contributed by atoms with Gasteiger partial charge in [-0.15, -0.1) is 0 Å². The summed E-state index contributed by atoms with van der Waals surface area (Å²) in [4.78, 5) is 34.2. The highest BCUT2D eigenvalue weighted by molar-refractivity contribution is 5.77. The van der Waals surface area contributed by atoms with Gasteiger partial charge >= 0.3 is 17.9 Å². The van der Waals surface area contributed by atoms with Crippen LogP contribution in [0.4, 0.5) is 0 Å². The van der Waals surface area contributed by atoms with E-state index in [2.05, 4.69) is 0 Å². The fourth-order valence-corrected chi connectivity index (χ4v) is 2.37. The standard InChI is InChI=1S/C15H25NO6/c1-15(2,3)14(20)22-8-21-13(19)11(16)9-4-6-10(7-5-9)12(17)18/h9-11H,4-8,16H2,1-3H3,(H,17,18). The monoisotopic (exact) mass is 315 g/mol. The van der Waals surface area contributed by atoms with E-state index in [9.17, 15) is 14.4 Å². The summed E-state index contributed by atoms with van der Waals surface area (Å²) >= 11 is 0. The van der Waals surface area contributed by atoms with Gasteiger partial charge < -0.3 is 20.3 Å². The van der Waals surface area contributed by atoms with Crippen LogP contribution in [0.25, 0.3) is 0 Å². The Morgan fingerprint density at radius 1 is 1.14 bits per heavy atom. The predicted molar refractivity (Wildman–Crippen MR) is 77.6 cm³/mol. The molecule has 1 atom stereocenters. The van der Waals surface area contributed by atoms with E-state index in [1.165, 1.54) is 0 Å². The molecule has 0 bridgehead atoms. The van der Waals surface area contributed by atoms with Crippen LogP contribution in [0.5, 0.6) is 0 Å². The van der Waals surface area contributed by atoms with Crippen LogP contribution in [0.2, 0.25) is 0 Å². The van der Waals surface area contributed by atoms with Crippen molar-refractivity contribution in [3.05, 3.63) is 0 Å². The molecular formula is C15H25NO6. The zero-order chi connectivity index (χ0) is 16.9. The molecule has 126 valence electrons. The molecule has 7 nitrogen and oxygen atoms in total. The molecular weight excluding hydrogens is 290 g/mol. The minimum Gasteiger partial charge on any atom is -0.481 e. The third-order valence-corrected chi connectivity index (χ3v) is 3.90. The van der Waals surface area contributed by atoms with Crippen molar-refractivity contribution in [2.24, 2.45) is 23.0 Å². The van der Waals surface area contributed by atoms with Gasteiger partial charge in [0.2, 0.25) is 6.79 Å². The van der Waals surface area contributed by atoms with Gasteiger partial charge in [-0.1, -0.05) is 0 Å². The molecule has 7 heteroatoms. The first kappa shape index (κ1) is 18.4. The van der Waals surface area contributed by atoms with E-state index in [0.29, 0.717) is 25.7 Å². The quantitative estimate of drug-likeness (QED) is 0.580. The Balaban J connectivity index is 2.34. The molecule has 0 aromatic rings. The first-order valence-electron chi connectivity index (χ1n) is 7.45. The molecule has 1 saturated carbocycles. The molecule has 1 aliphatic rings. The van der Waals surface area contributed by atoms with E-state index in [0.717, 1.165) is 0 Å². The van der Waals surface area contributed by atoms with Crippen LogP contribution in [0.1, 0.15) is 46.5 Å². The topological polar surface area (TPSA) is 116 Å². The Morgan fingerprint density at radius 2 is 1.68 bits per heavy atom. The molecule has 0 spiro atoms. The number of carbonyl (C=O) groups is 3. The molecule has 0 heterocycles. The third kappa shape index (κ3) is 5.29. The van der Waals surface area contributed by atoms with Crippen LogP contribution >= 0.6 is 0 Å². The summed E-state index contributed by atoms with van der Waals surface area (Å²) < 4.78 is 9.72. The Labute approximate surface area is 130 Å².